The van der Waals surface area contributed by atoms with Crippen molar-refractivity contribution in [2.45, 2.75) is 301 Å². The molecular weight excluding hydrogens is 707 g/mol. The van der Waals surface area contributed by atoms with Gasteiger partial charge in [-0.1, -0.05) is 251 Å². The molecule has 4 unspecified atom stereocenters. The van der Waals surface area contributed by atoms with Crippen LogP contribution in [-0.2, 0) is 4.79 Å². The Morgan fingerprint density at radius 1 is 0.421 bits per heavy atom. The Hall–Kier alpha value is -0.950. The summed E-state index contributed by atoms with van der Waals surface area (Å²) in [6.07, 6.45) is 52.7. The zero-order valence-electron chi connectivity index (χ0n) is 38.4. The quantitative estimate of drug-likeness (QED) is 0.0311. The summed E-state index contributed by atoms with van der Waals surface area (Å²) in [6.45, 7) is 4.06. The topological polar surface area (TPSA) is 110 Å². The number of hydrogen-bond acceptors (Lipinski definition) is 5. The van der Waals surface area contributed by atoms with Crippen molar-refractivity contribution in [2.24, 2.45) is 0 Å². The summed E-state index contributed by atoms with van der Waals surface area (Å²) in [6, 6.07) is -0.997. The average Bonchev–Trinajstić information content (AvgIpc) is 3.22. The number of aliphatic hydroxyl groups excluding tert-OH is 4. The first-order valence-corrected chi connectivity index (χ1v) is 25.6. The van der Waals surface area contributed by atoms with Crippen molar-refractivity contribution in [3.63, 3.8) is 0 Å². The Morgan fingerprint density at radius 2 is 0.719 bits per heavy atom. The molecule has 0 rings (SSSR count). The normalized spacial score (nSPS) is 14.0. The molecule has 5 N–H and O–H groups in total. The maximum absolute atomic E-state index is 12.5. The highest BCUT2D eigenvalue weighted by molar-refractivity contribution is 5.80. The van der Waals surface area contributed by atoms with Gasteiger partial charge in [-0.15, -0.1) is 0 Å². The molecule has 0 saturated heterocycles. The second kappa shape index (κ2) is 46.1. The molecule has 0 aliphatic rings. The van der Waals surface area contributed by atoms with E-state index in [0.717, 1.165) is 38.5 Å². The van der Waals surface area contributed by atoms with E-state index in [2.05, 4.69) is 31.3 Å². The van der Waals surface area contributed by atoms with E-state index in [1.165, 1.54) is 212 Å². The first-order chi connectivity index (χ1) is 28.0. The Balaban J connectivity index is 3.62. The Morgan fingerprint density at radius 3 is 1.05 bits per heavy atom. The summed E-state index contributed by atoms with van der Waals surface area (Å²) in [7, 11) is 0. The van der Waals surface area contributed by atoms with Crippen molar-refractivity contribution in [1.82, 2.24) is 5.32 Å². The van der Waals surface area contributed by atoms with Crippen molar-refractivity contribution in [2.75, 3.05) is 6.61 Å². The third-order valence-electron chi connectivity index (χ3n) is 12.2. The fourth-order valence-electron chi connectivity index (χ4n) is 8.17. The van der Waals surface area contributed by atoms with Crippen molar-refractivity contribution >= 4 is 5.91 Å². The number of nitrogens with one attached hydrogen (secondary N) is 1. The Bertz CT molecular complexity index is 821. The van der Waals surface area contributed by atoms with Gasteiger partial charge in [0, 0.05) is 0 Å². The Labute approximate surface area is 355 Å². The van der Waals surface area contributed by atoms with Gasteiger partial charge in [0.2, 0.25) is 5.91 Å². The smallest absolute Gasteiger partial charge is 0.249 e. The van der Waals surface area contributed by atoms with Gasteiger partial charge in [-0.05, 0) is 38.5 Å². The summed E-state index contributed by atoms with van der Waals surface area (Å²) >= 11 is 0. The van der Waals surface area contributed by atoms with E-state index in [4.69, 9.17) is 0 Å². The number of amides is 1. The summed E-state index contributed by atoms with van der Waals surface area (Å²) < 4.78 is 0. The summed E-state index contributed by atoms with van der Waals surface area (Å²) in [5, 5.41) is 43.8. The lowest BCUT2D eigenvalue weighted by Crippen LogP contribution is -2.53. The third-order valence-corrected chi connectivity index (χ3v) is 12.2. The predicted molar refractivity (Wildman–Crippen MR) is 247 cm³/mol. The third kappa shape index (κ3) is 40.2. The highest BCUT2D eigenvalue weighted by atomic mass is 16.3. The van der Waals surface area contributed by atoms with E-state index in [0.29, 0.717) is 12.8 Å². The second-order valence-electron chi connectivity index (χ2n) is 17.9. The fourth-order valence-corrected chi connectivity index (χ4v) is 8.17. The number of unbranched alkanes of at least 4 members (excludes halogenated alkanes) is 36. The highest BCUT2D eigenvalue weighted by Gasteiger charge is 2.28. The molecule has 57 heavy (non-hydrogen) atoms. The number of carbonyl (C=O) groups excluding carboxylic acids is 1. The van der Waals surface area contributed by atoms with Crippen molar-refractivity contribution in [3.05, 3.63) is 12.2 Å². The van der Waals surface area contributed by atoms with Gasteiger partial charge in [0.15, 0.2) is 0 Å². The van der Waals surface area contributed by atoms with Gasteiger partial charge < -0.3 is 25.7 Å². The van der Waals surface area contributed by atoms with Gasteiger partial charge >= 0.3 is 0 Å². The molecule has 0 saturated carbocycles. The van der Waals surface area contributed by atoms with E-state index >= 15 is 0 Å². The molecule has 4 atom stereocenters. The maximum Gasteiger partial charge on any atom is 0.249 e. The standard InChI is InChI=1S/C51H101NO5/c1-3-5-7-9-11-13-15-17-19-20-21-22-23-24-25-26-27-28-29-31-33-35-37-39-41-43-45-49(55)51(57)52-47(46-53)50(56)48(54)44-42-40-38-36-34-32-30-18-16-14-12-10-8-6-4-2/h36,38,47-50,53-56H,3-35,37,39-46H2,1-2H3,(H,52,57)/b38-36+. The van der Waals surface area contributed by atoms with Crippen LogP contribution >= 0.6 is 0 Å². The minimum absolute atomic E-state index is 0.368. The first-order valence-electron chi connectivity index (χ1n) is 25.6. The number of hydrogen-bond donors (Lipinski definition) is 5. The molecule has 0 heterocycles. The molecule has 6 nitrogen and oxygen atoms in total. The van der Waals surface area contributed by atoms with Gasteiger partial charge in [0.25, 0.3) is 0 Å². The maximum atomic E-state index is 12.5. The molecule has 0 bridgehead atoms. The molecule has 0 spiro atoms. The van der Waals surface area contributed by atoms with Crippen LogP contribution in [-0.4, -0.2) is 57.3 Å². The highest BCUT2D eigenvalue weighted by Crippen LogP contribution is 2.17. The molecule has 0 aliphatic heterocycles. The van der Waals surface area contributed by atoms with Crippen LogP contribution in [0.25, 0.3) is 0 Å². The van der Waals surface area contributed by atoms with E-state index in [-0.39, 0.29) is 0 Å². The van der Waals surface area contributed by atoms with E-state index in [9.17, 15) is 25.2 Å². The predicted octanol–water partition coefficient (Wildman–Crippen LogP) is 14.1. The van der Waals surface area contributed by atoms with Crippen molar-refractivity contribution in [1.29, 1.82) is 0 Å². The lowest BCUT2D eigenvalue weighted by molar-refractivity contribution is -0.132. The monoisotopic (exact) mass is 808 g/mol. The molecule has 0 fully saturated rings. The zero-order chi connectivity index (χ0) is 41.7. The van der Waals surface area contributed by atoms with Crippen LogP contribution in [0.15, 0.2) is 12.2 Å². The van der Waals surface area contributed by atoms with Gasteiger partial charge in [-0.3, -0.25) is 4.79 Å². The molecule has 0 aromatic carbocycles. The van der Waals surface area contributed by atoms with E-state index < -0.39 is 36.9 Å². The van der Waals surface area contributed by atoms with E-state index in [1.54, 1.807) is 0 Å². The van der Waals surface area contributed by atoms with Gasteiger partial charge in [-0.25, -0.2) is 0 Å². The minimum Gasteiger partial charge on any atom is -0.394 e. The van der Waals surface area contributed by atoms with Crippen molar-refractivity contribution < 1.29 is 25.2 Å². The van der Waals surface area contributed by atoms with E-state index in [1.807, 2.05) is 0 Å². The summed E-state index contributed by atoms with van der Waals surface area (Å²) in [5.41, 5.74) is 0. The largest absolute Gasteiger partial charge is 0.394 e. The lowest BCUT2D eigenvalue weighted by Gasteiger charge is -2.27. The summed E-state index contributed by atoms with van der Waals surface area (Å²) in [5.74, 6) is -0.588. The number of allylic oxidation sites excluding steroid dienone is 2. The molecule has 0 aliphatic carbocycles. The van der Waals surface area contributed by atoms with Crippen LogP contribution in [0.3, 0.4) is 0 Å². The lowest BCUT2D eigenvalue weighted by atomic mass is 10.00. The molecular formula is C51H101NO5. The number of carbonyl (C=O) groups is 1. The molecule has 6 heteroatoms. The Kier molecular flexibility index (Phi) is 45.4. The SMILES string of the molecule is CCCCCCCCCCCC/C=C/CCCC(O)C(O)C(CO)NC(=O)C(O)CCCCCCCCCCCCCCCCCCCCCCCCCCCC. The van der Waals surface area contributed by atoms with Crippen LogP contribution in [0.1, 0.15) is 277 Å². The molecule has 0 aromatic rings. The van der Waals surface area contributed by atoms with Crippen LogP contribution in [0.2, 0.25) is 0 Å². The molecule has 340 valence electrons. The van der Waals surface area contributed by atoms with Gasteiger partial charge in [0.05, 0.1) is 18.8 Å². The molecule has 0 aromatic heterocycles. The zero-order valence-corrected chi connectivity index (χ0v) is 38.4. The number of aliphatic hydroxyl groups is 4. The van der Waals surface area contributed by atoms with Gasteiger partial charge in [0.1, 0.15) is 12.2 Å². The number of rotatable bonds is 47. The van der Waals surface area contributed by atoms with Gasteiger partial charge in [-0.2, -0.15) is 0 Å². The fraction of sp³-hybridized carbons (Fsp3) is 0.941. The van der Waals surface area contributed by atoms with Crippen LogP contribution < -0.4 is 5.32 Å². The molecule has 0 radical (unpaired) electrons. The van der Waals surface area contributed by atoms with Crippen LogP contribution in [0, 0.1) is 0 Å². The minimum atomic E-state index is -1.28. The average molecular weight is 808 g/mol. The first kappa shape index (κ1) is 56.0. The van der Waals surface area contributed by atoms with Crippen LogP contribution in [0.5, 0.6) is 0 Å². The molecule has 1 amide bonds. The summed E-state index contributed by atoms with van der Waals surface area (Å²) in [4.78, 5) is 12.5. The van der Waals surface area contributed by atoms with Crippen molar-refractivity contribution in [3.8, 4) is 0 Å². The second-order valence-corrected chi connectivity index (χ2v) is 17.9. The van der Waals surface area contributed by atoms with Crippen LogP contribution in [0.4, 0.5) is 0 Å².